The minimum Gasteiger partial charge on any atom is -0.328 e. The van der Waals surface area contributed by atoms with E-state index in [1.165, 1.54) is 10.4 Å². The van der Waals surface area contributed by atoms with Crippen LogP contribution in [0.4, 0.5) is 5.95 Å². The van der Waals surface area contributed by atoms with Gasteiger partial charge in [0.05, 0.1) is 5.92 Å². The summed E-state index contributed by atoms with van der Waals surface area (Å²) in [6.07, 6.45) is 3.56. The average Bonchev–Trinajstić information content (AvgIpc) is 3.11. The van der Waals surface area contributed by atoms with E-state index < -0.39 is 0 Å². The Kier molecular flexibility index (Phi) is 3.77. The van der Waals surface area contributed by atoms with Crippen molar-refractivity contribution in [3.05, 3.63) is 33.7 Å². The molecule has 0 fully saturated rings. The molecule has 2 aliphatic rings. The van der Waals surface area contributed by atoms with Gasteiger partial charge in [0.1, 0.15) is 11.8 Å². The lowest BCUT2D eigenvalue weighted by molar-refractivity contribution is -0.123. The Morgan fingerprint density at radius 1 is 1.52 bits per heavy atom. The number of rotatable bonds is 3. The zero-order chi connectivity index (χ0) is 16.0. The van der Waals surface area contributed by atoms with E-state index in [1.807, 2.05) is 4.68 Å². The first-order chi connectivity index (χ1) is 11.2. The summed E-state index contributed by atoms with van der Waals surface area (Å²) in [5.74, 6) is 1.79. The largest absolute Gasteiger partial charge is 0.328 e. The molecule has 2 aromatic rings. The number of Topliss-reactive ketones (excluding diaryl/α,β-unsaturated/α-hetero) is 1. The minimum atomic E-state index is -0.172. The Bertz CT molecular complexity index is 792. The lowest BCUT2D eigenvalue weighted by atomic mass is 9.82. The first kappa shape index (κ1) is 15.0. The molecular weight excluding hydrogens is 328 g/mol. The molecule has 0 radical (unpaired) electrons. The summed E-state index contributed by atoms with van der Waals surface area (Å²) in [4.78, 5) is 18.5. The predicted octanol–water partition coefficient (Wildman–Crippen LogP) is 3.64. The number of carbonyl (C=O) groups is 1. The third-order valence-electron chi connectivity index (χ3n) is 4.33. The minimum absolute atomic E-state index is 0.0796. The number of hydrogen-bond acceptors (Lipinski definition) is 6. The lowest BCUT2D eigenvalue weighted by Gasteiger charge is -2.35. The third-order valence-corrected chi connectivity index (χ3v) is 6.14. The number of aryl methyl sites for hydroxylation is 1. The van der Waals surface area contributed by atoms with E-state index in [0.717, 1.165) is 29.0 Å². The van der Waals surface area contributed by atoms with Gasteiger partial charge >= 0.3 is 0 Å². The number of fused-ring (bicyclic) bond motifs is 2. The summed E-state index contributed by atoms with van der Waals surface area (Å²) >= 11 is 3.32. The van der Waals surface area contributed by atoms with Gasteiger partial charge in [-0.15, -0.1) is 16.4 Å². The Morgan fingerprint density at radius 3 is 3.13 bits per heavy atom. The van der Waals surface area contributed by atoms with Crippen LogP contribution in [-0.4, -0.2) is 26.3 Å². The highest BCUT2D eigenvalue weighted by molar-refractivity contribution is 7.99. The van der Waals surface area contributed by atoms with E-state index >= 15 is 0 Å². The van der Waals surface area contributed by atoms with Crippen LogP contribution in [0.25, 0.3) is 0 Å². The molecule has 2 aromatic heterocycles. The number of anilines is 1. The quantitative estimate of drug-likeness (QED) is 0.860. The van der Waals surface area contributed by atoms with Crippen LogP contribution in [0.1, 0.15) is 36.2 Å². The Labute approximate surface area is 143 Å². The number of thioether (sulfide) groups is 1. The molecule has 120 valence electrons. The van der Waals surface area contributed by atoms with Crippen molar-refractivity contribution in [1.29, 1.82) is 0 Å². The molecule has 7 heteroatoms. The lowest BCUT2D eigenvalue weighted by Crippen LogP contribution is -2.38. The third kappa shape index (κ3) is 2.42. The molecular formula is C16H18N4OS2. The highest BCUT2D eigenvalue weighted by atomic mass is 32.2. The second-order valence-electron chi connectivity index (χ2n) is 5.78. The van der Waals surface area contributed by atoms with Crippen molar-refractivity contribution in [3.8, 4) is 0 Å². The summed E-state index contributed by atoms with van der Waals surface area (Å²) in [6.45, 7) is 4.19. The van der Waals surface area contributed by atoms with Crippen LogP contribution >= 0.6 is 23.1 Å². The van der Waals surface area contributed by atoms with Crippen LogP contribution in [-0.2, 0) is 4.79 Å². The van der Waals surface area contributed by atoms with E-state index in [-0.39, 0.29) is 12.0 Å². The number of thiophene rings is 1. The van der Waals surface area contributed by atoms with Gasteiger partial charge in [0.2, 0.25) is 11.1 Å². The average molecular weight is 346 g/mol. The number of allylic oxidation sites excluding steroid dienone is 2. The highest BCUT2D eigenvalue weighted by Gasteiger charge is 2.42. The molecule has 4 rings (SSSR count). The zero-order valence-electron chi connectivity index (χ0n) is 13.1. The van der Waals surface area contributed by atoms with Crippen LogP contribution in [0, 0.1) is 12.8 Å². The number of carbonyl (C=O) groups excluding carboxylic acids is 1. The molecule has 0 saturated carbocycles. The topological polar surface area (TPSA) is 59.8 Å². The summed E-state index contributed by atoms with van der Waals surface area (Å²) in [5.41, 5.74) is 2.21. The molecule has 0 amide bonds. The number of aromatic nitrogens is 3. The molecule has 0 spiro atoms. The first-order valence-electron chi connectivity index (χ1n) is 7.82. The molecule has 0 aromatic carbocycles. The summed E-state index contributed by atoms with van der Waals surface area (Å²) < 4.78 is 1.92. The van der Waals surface area contributed by atoms with Crippen LogP contribution in [0.5, 0.6) is 0 Å². The number of ketones is 1. The van der Waals surface area contributed by atoms with Gasteiger partial charge in [-0.1, -0.05) is 24.8 Å². The molecule has 1 aliphatic carbocycles. The monoisotopic (exact) mass is 346 g/mol. The van der Waals surface area contributed by atoms with Crippen LogP contribution in [0.3, 0.4) is 0 Å². The Balaban J connectivity index is 1.88. The molecule has 23 heavy (non-hydrogen) atoms. The van der Waals surface area contributed by atoms with Gasteiger partial charge in [-0.25, -0.2) is 4.68 Å². The van der Waals surface area contributed by atoms with Crippen molar-refractivity contribution in [2.75, 3.05) is 11.1 Å². The van der Waals surface area contributed by atoms with Gasteiger partial charge in [0.15, 0.2) is 0 Å². The number of hydrogen-bond donors (Lipinski definition) is 1. The van der Waals surface area contributed by atoms with Gasteiger partial charge in [-0.2, -0.15) is 4.98 Å². The van der Waals surface area contributed by atoms with Gasteiger partial charge < -0.3 is 5.32 Å². The highest BCUT2D eigenvalue weighted by Crippen LogP contribution is 2.44. The summed E-state index contributed by atoms with van der Waals surface area (Å²) in [5, 5.41) is 10.9. The van der Waals surface area contributed by atoms with Crippen LogP contribution in [0.2, 0.25) is 0 Å². The molecule has 0 saturated heterocycles. The number of nitrogens with zero attached hydrogens (tertiary/aromatic N) is 3. The van der Waals surface area contributed by atoms with E-state index in [9.17, 15) is 4.79 Å². The van der Waals surface area contributed by atoms with Crippen molar-refractivity contribution < 1.29 is 4.79 Å². The zero-order valence-corrected chi connectivity index (χ0v) is 14.7. The predicted molar refractivity (Wildman–Crippen MR) is 93.1 cm³/mol. The molecule has 5 nitrogen and oxygen atoms in total. The Morgan fingerprint density at radius 2 is 2.39 bits per heavy atom. The second kappa shape index (κ2) is 5.79. The fourth-order valence-corrected chi connectivity index (χ4v) is 4.90. The molecule has 3 heterocycles. The van der Waals surface area contributed by atoms with E-state index in [1.54, 1.807) is 23.1 Å². The molecule has 1 aliphatic heterocycles. The van der Waals surface area contributed by atoms with E-state index in [0.29, 0.717) is 12.2 Å². The maximum absolute atomic E-state index is 12.6. The normalized spacial score (nSPS) is 23.0. The van der Waals surface area contributed by atoms with Gasteiger partial charge in [0.25, 0.3) is 0 Å². The smallest absolute Gasteiger partial charge is 0.227 e. The maximum atomic E-state index is 12.6. The van der Waals surface area contributed by atoms with Crippen molar-refractivity contribution in [2.45, 2.75) is 37.9 Å². The van der Waals surface area contributed by atoms with Crippen molar-refractivity contribution >= 4 is 34.8 Å². The fourth-order valence-electron chi connectivity index (χ4n) is 3.29. The second-order valence-corrected chi connectivity index (χ2v) is 7.95. The van der Waals surface area contributed by atoms with Gasteiger partial charge in [0, 0.05) is 17.0 Å². The SMILES string of the molecule is CCSc1nc2n(n1)[C@@H](c1sccc1C)[C@@H]1C(=O)CCC=C1N2. The maximum Gasteiger partial charge on any atom is 0.227 e. The molecule has 0 bridgehead atoms. The summed E-state index contributed by atoms with van der Waals surface area (Å²) in [7, 11) is 0. The van der Waals surface area contributed by atoms with E-state index in [4.69, 9.17) is 0 Å². The molecule has 1 N–H and O–H groups in total. The number of nitrogens with one attached hydrogen (secondary N) is 1. The van der Waals surface area contributed by atoms with Gasteiger partial charge in [-0.05, 0) is 36.1 Å². The van der Waals surface area contributed by atoms with Crippen LogP contribution < -0.4 is 5.32 Å². The van der Waals surface area contributed by atoms with Crippen molar-refractivity contribution in [1.82, 2.24) is 14.8 Å². The van der Waals surface area contributed by atoms with Crippen molar-refractivity contribution in [2.24, 2.45) is 5.92 Å². The Hall–Kier alpha value is -1.60. The molecule has 0 unspecified atom stereocenters. The standard InChI is InChI=1S/C16H18N4OS2/c1-3-22-16-18-15-17-10-5-4-6-11(21)12(10)13(20(15)19-16)14-9(2)7-8-23-14/h5,7-8,12-13H,3-4,6H2,1-2H3,(H,17,18,19)/t12-,13+/m0/s1. The van der Waals surface area contributed by atoms with Crippen LogP contribution in [0.15, 0.2) is 28.4 Å². The van der Waals surface area contributed by atoms with E-state index in [2.05, 4.69) is 46.8 Å². The fraction of sp³-hybridized carbons (Fsp3) is 0.438. The molecule has 2 atom stereocenters. The first-order valence-corrected chi connectivity index (χ1v) is 9.68. The van der Waals surface area contributed by atoms with Gasteiger partial charge in [-0.3, -0.25) is 4.79 Å². The van der Waals surface area contributed by atoms with Crippen molar-refractivity contribution in [3.63, 3.8) is 0 Å². The summed E-state index contributed by atoms with van der Waals surface area (Å²) in [6, 6.07) is 2.03.